The summed E-state index contributed by atoms with van der Waals surface area (Å²) in [4.78, 5) is 23.0. The zero-order chi connectivity index (χ0) is 19.9. The predicted molar refractivity (Wildman–Crippen MR) is 108 cm³/mol. The van der Waals surface area contributed by atoms with Crippen molar-refractivity contribution in [3.05, 3.63) is 95.1 Å². The van der Waals surface area contributed by atoms with Crippen molar-refractivity contribution in [3.8, 4) is 11.5 Å². The van der Waals surface area contributed by atoms with Crippen molar-refractivity contribution in [1.82, 2.24) is 0 Å². The molecule has 0 bridgehead atoms. The van der Waals surface area contributed by atoms with Crippen LogP contribution in [-0.2, 0) is 13.2 Å². The molecular weight excluding hydrogens is 352 g/mol. The second-order valence-corrected chi connectivity index (χ2v) is 6.57. The Morgan fingerprint density at radius 3 is 1.50 bits per heavy atom. The molecule has 0 spiro atoms. The van der Waals surface area contributed by atoms with Gasteiger partial charge < -0.3 is 9.47 Å². The van der Waals surface area contributed by atoms with Crippen LogP contribution in [0, 0.1) is 0 Å². The van der Waals surface area contributed by atoms with E-state index in [1.807, 2.05) is 48.5 Å². The van der Waals surface area contributed by atoms with Crippen molar-refractivity contribution < 1.29 is 19.1 Å². The Morgan fingerprint density at radius 2 is 1.07 bits per heavy atom. The number of rotatable bonds is 8. The summed E-state index contributed by atoms with van der Waals surface area (Å²) >= 11 is 0. The number of carbonyl (C=O) groups excluding carboxylic acids is 2. The lowest BCUT2D eigenvalue weighted by Crippen LogP contribution is -2.01. The Balaban J connectivity index is 1.61. The maximum atomic E-state index is 11.5. The average Bonchev–Trinajstić information content (AvgIpc) is 2.71. The number of hydrogen-bond donors (Lipinski definition) is 0. The van der Waals surface area contributed by atoms with Gasteiger partial charge >= 0.3 is 0 Å². The van der Waals surface area contributed by atoms with Gasteiger partial charge in [0.15, 0.2) is 11.6 Å². The monoisotopic (exact) mass is 374 g/mol. The Morgan fingerprint density at radius 1 is 0.643 bits per heavy atom. The smallest absolute Gasteiger partial charge is 0.159 e. The fourth-order valence-electron chi connectivity index (χ4n) is 2.75. The van der Waals surface area contributed by atoms with Crippen LogP contribution in [0.25, 0.3) is 0 Å². The number of carbonyl (C=O) groups is 2. The van der Waals surface area contributed by atoms with Crippen LogP contribution in [0.15, 0.2) is 72.8 Å². The molecule has 0 aliphatic carbocycles. The highest BCUT2D eigenvalue weighted by molar-refractivity contribution is 5.94. The molecule has 0 unspecified atom stereocenters. The van der Waals surface area contributed by atoms with Crippen molar-refractivity contribution in [2.75, 3.05) is 0 Å². The van der Waals surface area contributed by atoms with Gasteiger partial charge in [-0.25, -0.2) is 0 Å². The van der Waals surface area contributed by atoms with Gasteiger partial charge in [0.05, 0.1) is 0 Å². The van der Waals surface area contributed by atoms with E-state index in [1.165, 1.54) is 13.8 Å². The molecule has 0 aliphatic heterocycles. The highest BCUT2D eigenvalue weighted by Gasteiger charge is 2.04. The first-order valence-electron chi connectivity index (χ1n) is 9.07. The summed E-state index contributed by atoms with van der Waals surface area (Å²) in [6.45, 7) is 3.87. The van der Waals surface area contributed by atoms with Gasteiger partial charge in [-0.1, -0.05) is 42.5 Å². The molecule has 3 aromatic carbocycles. The summed E-state index contributed by atoms with van der Waals surface area (Å²) in [7, 11) is 0. The minimum Gasteiger partial charge on any atom is -0.489 e. The molecule has 0 N–H and O–H groups in total. The topological polar surface area (TPSA) is 52.6 Å². The number of ketones is 2. The molecule has 142 valence electrons. The second kappa shape index (κ2) is 9.00. The van der Waals surface area contributed by atoms with Gasteiger partial charge in [-0.3, -0.25) is 9.59 Å². The van der Waals surface area contributed by atoms with Crippen LogP contribution >= 0.6 is 0 Å². The number of hydrogen-bond acceptors (Lipinski definition) is 4. The van der Waals surface area contributed by atoms with Crippen molar-refractivity contribution in [3.63, 3.8) is 0 Å². The minimum absolute atomic E-state index is 0.0124. The lowest BCUT2D eigenvalue weighted by molar-refractivity contribution is 0.100. The van der Waals surface area contributed by atoms with E-state index in [2.05, 4.69) is 0 Å². The fourth-order valence-corrected chi connectivity index (χ4v) is 2.75. The molecule has 0 aliphatic rings. The van der Waals surface area contributed by atoms with E-state index < -0.39 is 0 Å². The third kappa shape index (κ3) is 5.30. The number of Topliss-reactive ketones (excluding diaryl/α,β-unsaturated/α-hetero) is 2. The molecule has 0 saturated carbocycles. The molecule has 4 nitrogen and oxygen atoms in total. The van der Waals surface area contributed by atoms with Crippen LogP contribution in [0.3, 0.4) is 0 Å². The molecule has 0 radical (unpaired) electrons. The molecule has 4 heteroatoms. The molecular formula is C24H22O4. The van der Waals surface area contributed by atoms with Crippen LogP contribution in [-0.4, -0.2) is 11.6 Å². The lowest BCUT2D eigenvalue weighted by atomic mass is 10.1. The van der Waals surface area contributed by atoms with E-state index in [1.54, 1.807) is 24.3 Å². The van der Waals surface area contributed by atoms with Crippen LogP contribution in [0.5, 0.6) is 11.5 Å². The lowest BCUT2D eigenvalue weighted by Gasteiger charge is -2.10. The molecule has 0 aromatic heterocycles. The normalized spacial score (nSPS) is 10.4. The van der Waals surface area contributed by atoms with E-state index in [-0.39, 0.29) is 11.6 Å². The van der Waals surface area contributed by atoms with Gasteiger partial charge in [0, 0.05) is 11.1 Å². The van der Waals surface area contributed by atoms with Crippen LogP contribution in [0.2, 0.25) is 0 Å². The largest absolute Gasteiger partial charge is 0.489 e. The van der Waals surface area contributed by atoms with Gasteiger partial charge in [-0.15, -0.1) is 0 Å². The van der Waals surface area contributed by atoms with Gasteiger partial charge in [-0.05, 0) is 55.3 Å². The van der Waals surface area contributed by atoms with E-state index in [9.17, 15) is 9.59 Å². The predicted octanol–water partition coefficient (Wildman–Crippen LogP) is 5.25. The first-order valence-corrected chi connectivity index (χ1v) is 9.07. The van der Waals surface area contributed by atoms with Crippen molar-refractivity contribution in [2.45, 2.75) is 27.1 Å². The summed E-state index contributed by atoms with van der Waals surface area (Å²) < 4.78 is 11.6. The van der Waals surface area contributed by atoms with Crippen LogP contribution < -0.4 is 9.47 Å². The summed E-state index contributed by atoms with van der Waals surface area (Å²) in [5.41, 5.74) is 3.28. The van der Waals surface area contributed by atoms with E-state index in [0.29, 0.717) is 35.8 Å². The maximum Gasteiger partial charge on any atom is 0.159 e. The molecule has 3 aromatic rings. The third-order valence-electron chi connectivity index (χ3n) is 4.28. The van der Waals surface area contributed by atoms with E-state index in [0.717, 1.165) is 11.1 Å². The number of benzene rings is 3. The van der Waals surface area contributed by atoms with Crippen molar-refractivity contribution >= 4 is 11.6 Å². The molecule has 0 heterocycles. The van der Waals surface area contributed by atoms with Gasteiger partial charge in [-0.2, -0.15) is 0 Å². The quantitative estimate of drug-likeness (QED) is 0.505. The van der Waals surface area contributed by atoms with Crippen molar-refractivity contribution in [2.24, 2.45) is 0 Å². The molecule has 0 amide bonds. The summed E-state index contributed by atoms with van der Waals surface area (Å²) in [5, 5.41) is 0. The zero-order valence-electron chi connectivity index (χ0n) is 16.0. The van der Waals surface area contributed by atoms with Crippen LogP contribution in [0.1, 0.15) is 45.7 Å². The minimum atomic E-state index is 0.0124. The van der Waals surface area contributed by atoms with Gasteiger partial charge in [0.25, 0.3) is 0 Å². The Kier molecular flexibility index (Phi) is 6.22. The van der Waals surface area contributed by atoms with E-state index >= 15 is 0 Å². The Hall–Kier alpha value is -3.40. The van der Waals surface area contributed by atoms with Gasteiger partial charge in [0.1, 0.15) is 24.7 Å². The van der Waals surface area contributed by atoms with Gasteiger partial charge in [0.2, 0.25) is 0 Å². The molecule has 28 heavy (non-hydrogen) atoms. The van der Waals surface area contributed by atoms with Crippen LogP contribution in [0.4, 0.5) is 0 Å². The molecule has 0 atom stereocenters. The molecule has 0 fully saturated rings. The molecule has 0 saturated heterocycles. The first kappa shape index (κ1) is 19.4. The first-order chi connectivity index (χ1) is 13.5. The SMILES string of the molecule is CC(=O)c1cccc(OCc2cccc(COc3cccc(C(C)=O)c3)c2)c1. The standard InChI is InChI=1S/C24H22O4/c1-17(25)21-8-4-10-23(13-21)27-15-19-6-3-7-20(12-19)16-28-24-11-5-9-22(14-24)18(2)26/h3-14H,15-16H2,1-2H3. The van der Waals surface area contributed by atoms with E-state index in [4.69, 9.17) is 9.47 Å². The highest BCUT2D eigenvalue weighted by Crippen LogP contribution is 2.18. The molecule has 3 rings (SSSR count). The summed E-state index contributed by atoms with van der Waals surface area (Å²) in [6, 6.07) is 22.3. The summed E-state index contributed by atoms with van der Waals surface area (Å²) in [6.07, 6.45) is 0. The second-order valence-electron chi connectivity index (χ2n) is 6.57. The fraction of sp³-hybridized carbons (Fsp3) is 0.167. The summed E-state index contributed by atoms with van der Waals surface area (Å²) in [5.74, 6) is 1.35. The third-order valence-corrected chi connectivity index (χ3v) is 4.28. The Labute approximate surface area is 164 Å². The average molecular weight is 374 g/mol. The maximum absolute atomic E-state index is 11.5. The highest BCUT2D eigenvalue weighted by atomic mass is 16.5. The Bertz CT molecular complexity index is 914. The number of ether oxygens (including phenoxy) is 2. The zero-order valence-corrected chi connectivity index (χ0v) is 16.0. The van der Waals surface area contributed by atoms with Crippen molar-refractivity contribution in [1.29, 1.82) is 0 Å².